The van der Waals surface area contributed by atoms with Crippen LogP contribution in [0.25, 0.3) is 0 Å². The highest BCUT2D eigenvalue weighted by Crippen LogP contribution is 2.29. The first-order chi connectivity index (χ1) is 12.3. The van der Waals surface area contributed by atoms with Gasteiger partial charge in [-0.05, 0) is 55.7 Å². The maximum atomic E-state index is 13.2. The summed E-state index contributed by atoms with van der Waals surface area (Å²) in [4.78, 5) is 14.8. The minimum atomic E-state index is -3.73. The van der Waals surface area contributed by atoms with Crippen LogP contribution in [-0.2, 0) is 21.2 Å². The summed E-state index contributed by atoms with van der Waals surface area (Å²) in [6.07, 6.45) is 2.76. The zero-order chi connectivity index (χ0) is 18.9. The van der Waals surface area contributed by atoms with E-state index in [0.29, 0.717) is 6.54 Å². The zero-order valence-corrected chi connectivity index (χ0v) is 15.5. The van der Waals surface area contributed by atoms with E-state index in [1.165, 1.54) is 24.3 Å². The normalized spacial score (nSPS) is 15.3. The SMILES string of the molecule is C[C@@H](C(=O)N1CCCc2ccccc21)N(c1ccc(F)cc1)S(C)(=O)=O. The number of para-hydroxylation sites is 1. The number of hydrogen-bond donors (Lipinski definition) is 0. The van der Waals surface area contributed by atoms with Crippen molar-refractivity contribution in [2.75, 3.05) is 22.0 Å². The minimum Gasteiger partial charge on any atom is -0.310 e. The Morgan fingerprint density at radius 1 is 1.15 bits per heavy atom. The Bertz CT molecular complexity index is 913. The third-order valence-electron chi connectivity index (χ3n) is 4.52. The summed E-state index contributed by atoms with van der Waals surface area (Å²) < 4.78 is 39.0. The first-order valence-corrected chi connectivity index (χ1v) is 10.3. The van der Waals surface area contributed by atoms with E-state index in [-0.39, 0.29) is 11.6 Å². The highest BCUT2D eigenvalue weighted by atomic mass is 32.2. The Labute approximate surface area is 153 Å². The summed E-state index contributed by atoms with van der Waals surface area (Å²) in [5.41, 5.74) is 2.16. The van der Waals surface area contributed by atoms with Gasteiger partial charge in [0.2, 0.25) is 10.0 Å². The van der Waals surface area contributed by atoms with Crippen molar-refractivity contribution in [3.63, 3.8) is 0 Å². The molecule has 1 aliphatic heterocycles. The number of aryl methyl sites for hydroxylation is 1. The van der Waals surface area contributed by atoms with Crippen molar-refractivity contribution in [3.8, 4) is 0 Å². The van der Waals surface area contributed by atoms with Gasteiger partial charge in [0.15, 0.2) is 0 Å². The fourth-order valence-electron chi connectivity index (χ4n) is 3.38. The molecule has 1 heterocycles. The van der Waals surface area contributed by atoms with Crippen LogP contribution in [0, 0.1) is 5.82 Å². The number of sulfonamides is 1. The van der Waals surface area contributed by atoms with Crippen molar-refractivity contribution >= 4 is 27.3 Å². The standard InChI is InChI=1S/C19H21FN2O3S/c1-14(22(26(2,24)25)17-11-9-16(20)10-12-17)19(23)21-13-5-7-15-6-3-4-8-18(15)21/h3-4,6,8-12,14H,5,7,13H2,1-2H3/t14-/m0/s1. The molecule has 0 N–H and O–H groups in total. The lowest BCUT2D eigenvalue weighted by molar-refractivity contribution is -0.119. The summed E-state index contributed by atoms with van der Waals surface area (Å²) in [6.45, 7) is 2.10. The first-order valence-electron chi connectivity index (χ1n) is 8.43. The third kappa shape index (κ3) is 3.58. The van der Waals surface area contributed by atoms with Crippen molar-refractivity contribution in [3.05, 3.63) is 59.9 Å². The Balaban J connectivity index is 1.96. The van der Waals surface area contributed by atoms with Gasteiger partial charge in [0, 0.05) is 12.2 Å². The lowest BCUT2D eigenvalue weighted by atomic mass is 10.0. The lowest BCUT2D eigenvalue weighted by Gasteiger charge is -2.35. The summed E-state index contributed by atoms with van der Waals surface area (Å²) in [6, 6.07) is 11.8. The van der Waals surface area contributed by atoms with E-state index in [9.17, 15) is 17.6 Å². The van der Waals surface area contributed by atoms with E-state index in [2.05, 4.69) is 0 Å². The molecule has 5 nitrogen and oxygen atoms in total. The smallest absolute Gasteiger partial charge is 0.250 e. The summed E-state index contributed by atoms with van der Waals surface area (Å²) in [7, 11) is -3.73. The molecular formula is C19H21FN2O3S. The van der Waals surface area contributed by atoms with Crippen LogP contribution in [0.1, 0.15) is 18.9 Å². The summed E-state index contributed by atoms with van der Waals surface area (Å²) in [5, 5.41) is 0. The predicted octanol–water partition coefficient (Wildman–Crippen LogP) is 2.96. The molecule has 0 spiro atoms. The fraction of sp³-hybridized carbons (Fsp3) is 0.316. The molecule has 1 aliphatic rings. The van der Waals surface area contributed by atoms with Gasteiger partial charge in [0.05, 0.1) is 11.9 Å². The number of rotatable bonds is 4. The number of amides is 1. The van der Waals surface area contributed by atoms with Gasteiger partial charge in [-0.15, -0.1) is 0 Å². The molecule has 0 fully saturated rings. The molecule has 3 rings (SSSR count). The minimum absolute atomic E-state index is 0.264. The Morgan fingerprint density at radius 2 is 1.81 bits per heavy atom. The zero-order valence-electron chi connectivity index (χ0n) is 14.7. The molecule has 2 aromatic rings. The van der Waals surface area contributed by atoms with Crippen LogP contribution in [0.3, 0.4) is 0 Å². The van der Waals surface area contributed by atoms with Gasteiger partial charge < -0.3 is 4.90 Å². The van der Waals surface area contributed by atoms with Crippen molar-refractivity contribution in [1.29, 1.82) is 0 Å². The number of carbonyl (C=O) groups is 1. The number of nitrogens with zero attached hydrogens (tertiary/aromatic N) is 2. The van der Waals surface area contributed by atoms with Gasteiger partial charge in [-0.1, -0.05) is 18.2 Å². The van der Waals surface area contributed by atoms with Crippen LogP contribution >= 0.6 is 0 Å². The number of fused-ring (bicyclic) bond motifs is 1. The molecule has 0 bridgehead atoms. The van der Waals surface area contributed by atoms with E-state index < -0.39 is 21.9 Å². The van der Waals surface area contributed by atoms with Crippen LogP contribution in [0.2, 0.25) is 0 Å². The van der Waals surface area contributed by atoms with Crippen molar-refractivity contribution in [2.45, 2.75) is 25.8 Å². The largest absolute Gasteiger partial charge is 0.310 e. The molecule has 2 aromatic carbocycles. The molecule has 0 saturated carbocycles. The second kappa shape index (κ2) is 7.07. The number of hydrogen-bond acceptors (Lipinski definition) is 3. The Hall–Kier alpha value is -2.41. The Morgan fingerprint density at radius 3 is 2.46 bits per heavy atom. The van der Waals surface area contributed by atoms with Gasteiger partial charge in [0.25, 0.3) is 5.91 Å². The van der Waals surface area contributed by atoms with E-state index in [1.807, 2.05) is 24.3 Å². The second-order valence-corrected chi connectivity index (χ2v) is 8.29. The van der Waals surface area contributed by atoms with Crippen molar-refractivity contribution in [2.24, 2.45) is 0 Å². The molecule has 0 saturated heterocycles. The van der Waals surface area contributed by atoms with Gasteiger partial charge in [0.1, 0.15) is 11.9 Å². The monoisotopic (exact) mass is 376 g/mol. The number of benzene rings is 2. The van der Waals surface area contributed by atoms with Gasteiger partial charge in [-0.3, -0.25) is 9.10 Å². The van der Waals surface area contributed by atoms with Crippen LogP contribution in [0.5, 0.6) is 0 Å². The second-order valence-electron chi connectivity index (χ2n) is 6.43. The molecule has 0 radical (unpaired) electrons. The fourth-order valence-corrected chi connectivity index (χ4v) is 4.55. The van der Waals surface area contributed by atoms with Crippen molar-refractivity contribution in [1.82, 2.24) is 0 Å². The quantitative estimate of drug-likeness (QED) is 0.824. The number of anilines is 2. The molecule has 26 heavy (non-hydrogen) atoms. The van der Waals surface area contributed by atoms with Gasteiger partial charge in [-0.25, -0.2) is 12.8 Å². The Kier molecular flexibility index (Phi) is 5.00. The molecule has 0 aromatic heterocycles. The molecule has 138 valence electrons. The van der Waals surface area contributed by atoms with E-state index in [1.54, 1.807) is 11.8 Å². The summed E-state index contributed by atoms with van der Waals surface area (Å²) in [5.74, 6) is -0.766. The van der Waals surface area contributed by atoms with Crippen LogP contribution < -0.4 is 9.21 Å². The van der Waals surface area contributed by atoms with Crippen molar-refractivity contribution < 1.29 is 17.6 Å². The number of halogens is 1. The van der Waals surface area contributed by atoms with Crippen LogP contribution in [0.15, 0.2) is 48.5 Å². The maximum absolute atomic E-state index is 13.2. The van der Waals surface area contributed by atoms with Gasteiger partial charge in [-0.2, -0.15) is 0 Å². The average molecular weight is 376 g/mol. The highest BCUT2D eigenvalue weighted by Gasteiger charge is 2.34. The molecule has 1 atom stereocenters. The molecule has 0 unspecified atom stereocenters. The maximum Gasteiger partial charge on any atom is 0.250 e. The van der Waals surface area contributed by atoms with Crippen LogP contribution in [-0.4, -0.2) is 33.2 Å². The summed E-state index contributed by atoms with van der Waals surface area (Å²) >= 11 is 0. The first kappa shape index (κ1) is 18.4. The van der Waals surface area contributed by atoms with Gasteiger partial charge >= 0.3 is 0 Å². The van der Waals surface area contributed by atoms with Crippen LogP contribution in [0.4, 0.5) is 15.8 Å². The van der Waals surface area contributed by atoms with E-state index in [4.69, 9.17) is 0 Å². The van der Waals surface area contributed by atoms with E-state index >= 15 is 0 Å². The average Bonchev–Trinajstić information content (AvgIpc) is 2.61. The van der Waals surface area contributed by atoms with E-state index in [0.717, 1.165) is 34.7 Å². The topological polar surface area (TPSA) is 57.7 Å². The molecule has 0 aliphatic carbocycles. The number of carbonyl (C=O) groups excluding carboxylic acids is 1. The lowest BCUT2D eigenvalue weighted by Crippen LogP contribution is -2.50. The molecule has 1 amide bonds. The molecular weight excluding hydrogens is 355 g/mol. The highest BCUT2D eigenvalue weighted by molar-refractivity contribution is 7.92. The third-order valence-corrected chi connectivity index (χ3v) is 5.77. The molecule has 7 heteroatoms. The predicted molar refractivity (Wildman–Crippen MR) is 100 cm³/mol.